The topological polar surface area (TPSA) is 55.1 Å². The van der Waals surface area contributed by atoms with Crippen LogP contribution in [0.2, 0.25) is 0 Å². The molecule has 1 N–H and O–H groups in total. The molecule has 20 heavy (non-hydrogen) atoms. The summed E-state index contributed by atoms with van der Waals surface area (Å²) in [5.74, 6) is -0.418. The highest BCUT2D eigenvalue weighted by atomic mass is 35.5. The first-order valence-electron chi connectivity index (χ1n) is 6.38. The first kappa shape index (κ1) is 12.9. The summed E-state index contributed by atoms with van der Waals surface area (Å²) in [6, 6.07) is 9.60. The number of rotatable bonds is 4. The lowest BCUT2D eigenvalue weighted by Gasteiger charge is -2.05. The Balaban J connectivity index is 2.32. The highest BCUT2D eigenvalue weighted by Gasteiger charge is 2.13. The predicted octanol–water partition coefficient (Wildman–Crippen LogP) is 3.52. The minimum atomic E-state index is -1.01. The lowest BCUT2D eigenvalue weighted by atomic mass is 10.1. The lowest BCUT2D eigenvalue weighted by Crippen LogP contribution is -2.01. The highest BCUT2D eigenvalue weighted by molar-refractivity contribution is 6.17. The van der Waals surface area contributed by atoms with Gasteiger partial charge in [0.2, 0.25) is 0 Å². The molecule has 0 saturated carbocycles. The van der Waals surface area contributed by atoms with Crippen molar-refractivity contribution in [2.45, 2.75) is 13.0 Å². The molecule has 2 heterocycles. The Morgan fingerprint density at radius 2 is 2.05 bits per heavy atom. The average Bonchev–Trinajstić information content (AvgIpc) is 2.78. The molecular weight excluding hydrogens is 276 g/mol. The second-order valence-corrected chi connectivity index (χ2v) is 4.98. The van der Waals surface area contributed by atoms with Gasteiger partial charge in [-0.05, 0) is 18.6 Å². The highest BCUT2D eigenvalue weighted by Crippen LogP contribution is 2.29. The van der Waals surface area contributed by atoms with E-state index in [-0.39, 0.29) is 5.69 Å². The van der Waals surface area contributed by atoms with Gasteiger partial charge >= 0.3 is 5.97 Å². The van der Waals surface area contributed by atoms with Crippen molar-refractivity contribution in [2.24, 2.45) is 0 Å². The molecule has 3 rings (SSSR count). The number of halogens is 1. The molecule has 0 fully saturated rings. The summed E-state index contributed by atoms with van der Waals surface area (Å²) in [7, 11) is 0. The summed E-state index contributed by atoms with van der Waals surface area (Å²) in [6.45, 7) is 0.793. The molecule has 0 aliphatic rings. The fraction of sp³-hybridized carbons (Fsp3) is 0.200. The molecular formula is C15H13ClN2O2. The number of benzene rings is 1. The van der Waals surface area contributed by atoms with Crippen LogP contribution in [0.15, 0.2) is 36.5 Å². The van der Waals surface area contributed by atoms with Crippen LogP contribution in [0.25, 0.3) is 21.8 Å². The molecule has 102 valence electrons. The Bertz CT molecular complexity index is 795. The van der Waals surface area contributed by atoms with Crippen LogP contribution in [0, 0.1) is 0 Å². The van der Waals surface area contributed by atoms with Gasteiger partial charge in [-0.1, -0.05) is 18.2 Å². The van der Waals surface area contributed by atoms with Gasteiger partial charge in [-0.2, -0.15) is 0 Å². The lowest BCUT2D eigenvalue weighted by molar-refractivity contribution is 0.0690. The van der Waals surface area contributed by atoms with E-state index in [9.17, 15) is 4.79 Å². The van der Waals surface area contributed by atoms with Crippen molar-refractivity contribution in [2.75, 3.05) is 5.88 Å². The molecule has 5 heteroatoms. The third-order valence-corrected chi connectivity index (χ3v) is 3.66. The second-order valence-electron chi connectivity index (χ2n) is 4.60. The largest absolute Gasteiger partial charge is 0.477 e. The van der Waals surface area contributed by atoms with E-state index < -0.39 is 5.97 Å². The number of pyridine rings is 1. The number of carbonyl (C=O) groups is 1. The summed E-state index contributed by atoms with van der Waals surface area (Å²) in [6.07, 6.45) is 2.49. The third-order valence-electron chi connectivity index (χ3n) is 3.39. The summed E-state index contributed by atoms with van der Waals surface area (Å²) in [4.78, 5) is 15.1. The molecule has 0 amide bonds. The maximum Gasteiger partial charge on any atom is 0.354 e. The number of aryl methyl sites for hydroxylation is 1. The van der Waals surface area contributed by atoms with Crippen molar-refractivity contribution in [3.05, 3.63) is 42.2 Å². The molecule has 0 radical (unpaired) electrons. The molecule has 4 nitrogen and oxygen atoms in total. The van der Waals surface area contributed by atoms with Crippen LogP contribution >= 0.6 is 11.6 Å². The Labute approximate surface area is 120 Å². The van der Waals surface area contributed by atoms with E-state index in [0.717, 1.165) is 34.8 Å². The summed E-state index contributed by atoms with van der Waals surface area (Å²) in [5, 5.41) is 11.0. The van der Waals surface area contributed by atoms with Gasteiger partial charge in [0.1, 0.15) is 5.69 Å². The smallest absolute Gasteiger partial charge is 0.354 e. The molecule has 3 aromatic rings. The van der Waals surface area contributed by atoms with Crippen LogP contribution in [0.1, 0.15) is 16.9 Å². The minimum absolute atomic E-state index is 0.0674. The predicted molar refractivity (Wildman–Crippen MR) is 79.5 cm³/mol. The fourth-order valence-electron chi connectivity index (χ4n) is 2.52. The van der Waals surface area contributed by atoms with Crippen LogP contribution in [-0.4, -0.2) is 26.5 Å². The van der Waals surface area contributed by atoms with Crippen LogP contribution < -0.4 is 0 Å². The molecule has 0 aliphatic heterocycles. The monoisotopic (exact) mass is 288 g/mol. The Morgan fingerprint density at radius 3 is 2.80 bits per heavy atom. The maximum atomic E-state index is 11.1. The van der Waals surface area contributed by atoms with Gasteiger partial charge in [0.05, 0.1) is 11.7 Å². The first-order chi connectivity index (χ1) is 9.72. The third kappa shape index (κ3) is 2.02. The van der Waals surface area contributed by atoms with Gasteiger partial charge in [0, 0.05) is 28.7 Å². The van der Waals surface area contributed by atoms with E-state index in [0.29, 0.717) is 5.88 Å². The Morgan fingerprint density at radius 1 is 1.25 bits per heavy atom. The quantitative estimate of drug-likeness (QED) is 0.747. The van der Waals surface area contributed by atoms with Crippen molar-refractivity contribution in [3.8, 4) is 0 Å². The number of para-hydroxylation sites is 1. The summed E-state index contributed by atoms with van der Waals surface area (Å²) in [5.41, 5.74) is 2.09. The van der Waals surface area contributed by atoms with Crippen molar-refractivity contribution < 1.29 is 9.90 Å². The molecule has 0 spiro atoms. The van der Waals surface area contributed by atoms with Crippen molar-refractivity contribution >= 4 is 39.4 Å². The first-order valence-corrected chi connectivity index (χ1v) is 6.92. The standard InChI is InChI=1S/C15H13ClN2O2/c16-6-3-7-18-13-5-2-1-4-10(13)11-8-12(15(19)20)17-9-14(11)18/h1-2,4-5,8-9H,3,6-7H2,(H,19,20). The van der Waals surface area contributed by atoms with Gasteiger partial charge in [0.25, 0.3) is 0 Å². The second kappa shape index (κ2) is 5.13. The Kier molecular flexibility index (Phi) is 3.32. The van der Waals surface area contributed by atoms with Crippen LogP contribution in [0.3, 0.4) is 0 Å². The van der Waals surface area contributed by atoms with Crippen LogP contribution in [0.4, 0.5) is 0 Å². The van der Waals surface area contributed by atoms with Gasteiger partial charge in [-0.25, -0.2) is 9.78 Å². The van der Waals surface area contributed by atoms with Crippen LogP contribution in [0.5, 0.6) is 0 Å². The van der Waals surface area contributed by atoms with E-state index in [4.69, 9.17) is 16.7 Å². The number of hydrogen-bond donors (Lipinski definition) is 1. The van der Waals surface area contributed by atoms with Crippen LogP contribution in [-0.2, 0) is 6.54 Å². The van der Waals surface area contributed by atoms with E-state index in [1.807, 2.05) is 24.3 Å². The van der Waals surface area contributed by atoms with E-state index in [2.05, 4.69) is 9.55 Å². The molecule has 0 atom stereocenters. The molecule has 0 unspecified atom stereocenters. The van der Waals surface area contributed by atoms with Crippen molar-refractivity contribution in [1.82, 2.24) is 9.55 Å². The summed E-state index contributed by atoms with van der Waals surface area (Å²) < 4.78 is 2.14. The fourth-order valence-corrected chi connectivity index (χ4v) is 2.64. The number of aromatic carboxylic acids is 1. The number of carboxylic acids is 1. The van der Waals surface area contributed by atoms with E-state index in [1.54, 1.807) is 12.3 Å². The SMILES string of the molecule is O=C(O)c1cc2c3ccccc3n(CCCCl)c2cn1. The van der Waals surface area contributed by atoms with Gasteiger partial charge < -0.3 is 9.67 Å². The van der Waals surface area contributed by atoms with Gasteiger partial charge in [-0.15, -0.1) is 11.6 Å². The van der Waals surface area contributed by atoms with Crippen molar-refractivity contribution in [1.29, 1.82) is 0 Å². The number of fused-ring (bicyclic) bond motifs is 3. The normalized spacial score (nSPS) is 11.2. The zero-order valence-electron chi connectivity index (χ0n) is 10.7. The zero-order chi connectivity index (χ0) is 14.1. The number of hydrogen-bond acceptors (Lipinski definition) is 2. The molecule has 2 aromatic heterocycles. The molecule has 0 aliphatic carbocycles. The number of alkyl halides is 1. The number of aromatic nitrogens is 2. The summed E-state index contributed by atoms with van der Waals surface area (Å²) >= 11 is 5.78. The Hall–Kier alpha value is -2.07. The maximum absolute atomic E-state index is 11.1. The number of carboxylic acid groups (broad SMARTS) is 1. The minimum Gasteiger partial charge on any atom is -0.477 e. The average molecular weight is 289 g/mol. The molecule has 0 bridgehead atoms. The molecule has 0 saturated heterocycles. The number of nitrogens with zero attached hydrogens (tertiary/aromatic N) is 2. The van der Waals surface area contributed by atoms with E-state index in [1.165, 1.54) is 0 Å². The zero-order valence-corrected chi connectivity index (χ0v) is 11.5. The van der Waals surface area contributed by atoms with Gasteiger partial charge in [-0.3, -0.25) is 0 Å². The van der Waals surface area contributed by atoms with E-state index >= 15 is 0 Å². The van der Waals surface area contributed by atoms with Gasteiger partial charge in [0.15, 0.2) is 0 Å². The molecule has 1 aromatic carbocycles. The van der Waals surface area contributed by atoms with Crippen molar-refractivity contribution in [3.63, 3.8) is 0 Å².